The largest absolute Gasteiger partial charge is 0.475 e. The molecule has 0 radical (unpaired) electrons. The van der Waals surface area contributed by atoms with E-state index in [1.165, 1.54) is 6.07 Å². The maximum Gasteiger partial charge on any atom is 0.377 e. The number of fused-ring (bicyclic) bond motifs is 3. The lowest BCUT2D eigenvalue weighted by Gasteiger charge is -2.09. The molecule has 3 aromatic carbocycles. The topological polar surface area (TPSA) is 126 Å². The number of ketones is 1. The molecule has 0 unspecified atom stereocenters. The van der Waals surface area contributed by atoms with E-state index in [2.05, 4.69) is 6.07 Å². The lowest BCUT2D eigenvalue weighted by atomic mass is 9.99. The molecule has 146 valence electrons. The molecule has 7 nitrogen and oxygen atoms in total. The van der Waals surface area contributed by atoms with Crippen molar-refractivity contribution in [1.82, 2.24) is 4.57 Å². The van der Waals surface area contributed by atoms with Gasteiger partial charge >= 0.3 is 5.97 Å². The molecule has 1 amide bonds. The van der Waals surface area contributed by atoms with Crippen LogP contribution in [0.2, 0.25) is 0 Å². The van der Waals surface area contributed by atoms with Crippen LogP contribution in [0.5, 0.6) is 0 Å². The van der Waals surface area contributed by atoms with Crippen molar-refractivity contribution in [3.63, 3.8) is 0 Å². The molecule has 4 rings (SSSR count). The van der Waals surface area contributed by atoms with Crippen LogP contribution in [-0.2, 0) is 11.3 Å². The van der Waals surface area contributed by atoms with Gasteiger partial charge < -0.3 is 15.4 Å². The highest BCUT2D eigenvalue weighted by Gasteiger charge is 2.24. The maximum absolute atomic E-state index is 12.4. The molecule has 0 spiro atoms. The minimum Gasteiger partial charge on any atom is -0.475 e. The Morgan fingerprint density at radius 2 is 1.50 bits per heavy atom. The van der Waals surface area contributed by atoms with E-state index in [4.69, 9.17) is 5.73 Å². The van der Waals surface area contributed by atoms with E-state index >= 15 is 0 Å². The van der Waals surface area contributed by atoms with Crippen LogP contribution in [0.15, 0.2) is 60.7 Å². The molecule has 0 aliphatic carbocycles. The predicted molar refractivity (Wildman–Crippen MR) is 110 cm³/mol. The van der Waals surface area contributed by atoms with E-state index in [9.17, 15) is 24.8 Å². The van der Waals surface area contributed by atoms with Crippen molar-refractivity contribution >= 4 is 39.5 Å². The van der Waals surface area contributed by atoms with Crippen LogP contribution in [0.25, 0.3) is 21.8 Å². The number of hydrogen-bond donors (Lipinski definition) is 2. The molecule has 7 heteroatoms. The molecule has 0 aliphatic rings. The number of nitriles is 1. The number of nitrogens with zero attached hydrogens (tertiary/aromatic N) is 2. The normalized spacial score (nSPS) is 10.8. The zero-order valence-corrected chi connectivity index (χ0v) is 15.6. The number of amides is 1. The van der Waals surface area contributed by atoms with Crippen molar-refractivity contribution in [2.75, 3.05) is 0 Å². The highest BCUT2D eigenvalue weighted by Crippen LogP contribution is 2.35. The average molecular weight is 397 g/mol. The molecule has 0 atom stereocenters. The van der Waals surface area contributed by atoms with Gasteiger partial charge in [0.15, 0.2) is 0 Å². The quantitative estimate of drug-likeness (QED) is 0.395. The number of benzene rings is 3. The minimum absolute atomic E-state index is 0.0222. The van der Waals surface area contributed by atoms with Gasteiger partial charge in [-0.15, -0.1) is 0 Å². The van der Waals surface area contributed by atoms with E-state index in [0.717, 1.165) is 5.56 Å². The Kier molecular flexibility index (Phi) is 4.53. The average Bonchev–Trinajstić information content (AvgIpc) is 3.07. The number of Topliss-reactive ketones (excluding diaryl/α,β-unsaturated/α-hetero) is 1. The number of carboxylic acid groups (broad SMARTS) is 1. The number of hydrogen-bond acceptors (Lipinski definition) is 4. The molecule has 0 saturated heterocycles. The molecular weight excluding hydrogens is 382 g/mol. The lowest BCUT2D eigenvalue weighted by molar-refractivity contribution is -0.131. The zero-order valence-electron chi connectivity index (χ0n) is 15.6. The Balaban J connectivity index is 2.13. The van der Waals surface area contributed by atoms with Gasteiger partial charge in [-0.1, -0.05) is 30.3 Å². The van der Waals surface area contributed by atoms with Gasteiger partial charge in [0.05, 0.1) is 22.7 Å². The van der Waals surface area contributed by atoms with Gasteiger partial charge in [0.2, 0.25) is 5.91 Å². The van der Waals surface area contributed by atoms with Crippen molar-refractivity contribution in [1.29, 1.82) is 5.26 Å². The first-order valence-electron chi connectivity index (χ1n) is 9.03. The summed E-state index contributed by atoms with van der Waals surface area (Å²) in [7, 11) is 0. The third-order valence-electron chi connectivity index (χ3n) is 5.09. The third-order valence-corrected chi connectivity index (χ3v) is 5.09. The Morgan fingerprint density at radius 1 is 0.900 bits per heavy atom. The summed E-state index contributed by atoms with van der Waals surface area (Å²) in [6.07, 6.45) is 0. The van der Waals surface area contributed by atoms with Crippen molar-refractivity contribution in [3.05, 3.63) is 82.9 Å². The molecular formula is C23H15N3O4. The number of aliphatic carboxylic acids is 1. The predicted octanol–water partition coefficient (Wildman–Crippen LogP) is 3.08. The van der Waals surface area contributed by atoms with Gasteiger partial charge in [-0.3, -0.25) is 9.59 Å². The second-order valence-corrected chi connectivity index (χ2v) is 6.75. The van der Waals surface area contributed by atoms with Crippen molar-refractivity contribution in [2.45, 2.75) is 6.54 Å². The van der Waals surface area contributed by atoms with Crippen LogP contribution in [0, 0.1) is 11.3 Å². The summed E-state index contributed by atoms with van der Waals surface area (Å²) < 4.78 is 1.85. The lowest BCUT2D eigenvalue weighted by Crippen LogP contribution is -2.14. The smallest absolute Gasteiger partial charge is 0.377 e. The van der Waals surface area contributed by atoms with Gasteiger partial charge in [-0.05, 0) is 35.9 Å². The Morgan fingerprint density at radius 3 is 2.10 bits per heavy atom. The molecule has 1 heterocycles. The molecule has 0 saturated carbocycles. The van der Waals surface area contributed by atoms with Crippen LogP contribution in [0.1, 0.15) is 31.8 Å². The van der Waals surface area contributed by atoms with Gasteiger partial charge in [0.25, 0.3) is 5.78 Å². The number of nitrogens with two attached hydrogens (primary N) is 1. The van der Waals surface area contributed by atoms with Crippen LogP contribution >= 0.6 is 0 Å². The van der Waals surface area contributed by atoms with Gasteiger partial charge in [-0.2, -0.15) is 5.26 Å². The molecule has 0 bridgehead atoms. The summed E-state index contributed by atoms with van der Waals surface area (Å²) in [5.41, 5.74) is 8.16. The minimum atomic E-state index is -1.59. The molecule has 30 heavy (non-hydrogen) atoms. The van der Waals surface area contributed by atoms with Crippen molar-refractivity contribution in [2.24, 2.45) is 5.73 Å². The Labute approximate surface area is 170 Å². The first-order valence-corrected chi connectivity index (χ1v) is 9.03. The first-order chi connectivity index (χ1) is 14.4. The fraction of sp³-hybridized carbons (Fsp3) is 0.0435. The maximum atomic E-state index is 12.4. The number of carbonyl (C=O) groups excluding carboxylic acids is 2. The summed E-state index contributed by atoms with van der Waals surface area (Å²) >= 11 is 0. The van der Waals surface area contributed by atoms with Gasteiger partial charge in [0, 0.05) is 28.4 Å². The van der Waals surface area contributed by atoms with Crippen LogP contribution in [0.3, 0.4) is 0 Å². The van der Waals surface area contributed by atoms with Crippen LogP contribution in [0.4, 0.5) is 0 Å². The Hall–Kier alpha value is -4.44. The van der Waals surface area contributed by atoms with Gasteiger partial charge in [0.1, 0.15) is 0 Å². The van der Waals surface area contributed by atoms with E-state index in [1.54, 1.807) is 42.5 Å². The molecule has 0 aliphatic heterocycles. The number of primary amides is 1. The standard InChI is InChI=1S/C23H15N3O4/c24-11-13-5-1-2-6-14(13)12-26-17-9-3-7-15(21(27)23(29)30)19(17)20-16(22(25)28)8-4-10-18(20)26/h1-10H,12H2,(H2,25,28)(H,29,30). The number of aromatic nitrogens is 1. The summed E-state index contributed by atoms with van der Waals surface area (Å²) in [5.74, 6) is -3.35. The molecule has 3 N–H and O–H groups in total. The second kappa shape index (κ2) is 7.18. The number of carboxylic acids is 1. The van der Waals surface area contributed by atoms with Crippen LogP contribution < -0.4 is 5.73 Å². The monoisotopic (exact) mass is 397 g/mol. The summed E-state index contributed by atoms with van der Waals surface area (Å²) in [4.78, 5) is 35.9. The van der Waals surface area contributed by atoms with Crippen LogP contribution in [-0.4, -0.2) is 27.3 Å². The molecule has 1 aromatic heterocycles. The van der Waals surface area contributed by atoms with E-state index in [-0.39, 0.29) is 17.7 Å². The Bertz CT molecular complexity index is 1410. The summed E-state index contributed by atoms with van der Waals surface area (Å²) in [5, 5.41) is 19.5. The first kappa shape index (κ1) is 18.9. The van der Waals surface area contributed by atoms with E-state index in [0.29, 0.717) is 27.4 Å². The highest BCUT2D eigenvalue weighted by atomic mass is 16.4. The number of carbonyl (C=O) groups is 3. The zero-order chi connectivity index (χ0) is 21.4. The fourth-order valence-corrected chi connectivity index (χ4v) is 3.80. The van der Waals surface area contributed by atoms with E-state index < -0.39 is 17.7 Å². The van der Waals surface area contributed by atoms with E-state index in [1.807, 2.05) is 16.7 Å². The fourth-order valence-electron chi connectivity index (χ4n) is 3.80. The highest BCUT2D eigenvalue weighted by molar-refractivity contribution is 6.43. The second-order valence-electron chi connectivity index (χ2n) is 6.75. The van der Waals surface area contributed by atoms with Gasteiger partial charge in [-0.25, -0.2) is 4.79 Å². The molecule has 0 fully saturated rings. The number of rotatable bonds is 5. The summed E-state index contributed by atoms with van der Waals surface area (Å²) in [6, 6.07) is 19.0. The molecule has 4 aromatic rings. The van der Waals surface area contributed by atoms with Crippen molar-refractivity contribution in [3.8, 4) is 6.07 Å². The summed E-state index contributed by atoms with van der Waals surface area (Å²) in [6.45, 7) is 0.288. The van der Waals surface area contributed by atoms with Crippen molar-refractivity contribution < 1.29 is 19.5 Å². The SMILES string of the molecule is N#Cc1ccccc1Cn1c2cccc(C(N)=O)c2c2c(C(=O)C(=O)O)cccc21. The third kappa shape index (κ3) is 2.88.